The van der Waals surface area contributed by atoms with Crippen LogP contribution in [-0.2, 0) is 12.7 Å². The Labute approximate surface area is 136 Å². The van der Waals surface area contributed by atoms with Crippen LogP contribution in [0.25, 0.3) is 0 Å². The molecule has 0 fully saturated rings. The summed E-state index contributed by atoms with van der Waals surface area (Å²) in [5, 5.41) is 2.58. The Balaban J connectivity index is 2.09. The molecule has 0 atom stereocenters. The number of hydrogen-bond acceptors (Lipinski definition) is 3. The highest BCUT2D eigenvalue weighted by atomic mass is 19.4. The fourth-order valence-corrected chi connectivity index (χ4v) is 2.07. The van der Waals surface area contributed by atoms with Gasteiger partial charge in [0.05, 0.1) is 18.2 Å². The van der Waals surface area contributed by atoms with E-state index in [0.29, 0.717) is 23.2 Å². The first-order valence-electron chi connectivity index (χ1n) is 6.92. The van der Waals surface area contributed by atoms with Gasteiger partial charge in [-0.25, -0.2) is 0 Å². The zero-order valence-electron chi connectivity index (χ0n) is 12.7. The summed E-state index contributed by atoms with van der Waals surface area (Å²) in [6, 6.07) is 8.89. The van der Waals surface area contributed by atoms with E-state index in [9.17, 15) is 22.8 Å². The molecule has 0 saturated carbocycles. The molecule has 4 nitrogen and oxygen atoms in total. The zero-order valence-corrected chi connectivity index (χ0v) is 12.7. The highest BCUT2D eigenvalue weighted by Gasteiger charge is 2.29. The lowest BCUT2D eigenvalue weighted by atomic mass is 10.1. The van der Waals surface area contributed by atoms with E-state index in [4.69, 9.17) is 4.74 Å². The van der Waals surface area contributed by atoms with Crippen LogP contribution in [0.2, 0.25) is 0 Å². The van der Waals surface area contributed by atoms with Gasteiger partial charge in [0, 0.05) is 12.1 Å². The number of amides is 1. The summed E-state index contributed by atoms with van der Waals surface area (Å²) in [6.07, 6.45) is -3.80. The van der Waals surface area contributed by atoms with Crippen LogP contribution in [0.5, 0.6) is 5.75 Å². The summed E-state index contributed by atoms with van der Waals surface area (Å²) in [5.41, 5.74) is 0.254. The Morgan fingerprint density at radius 3 is 2.38 bits per heavy atom. The second-order valence-corrected chi connectivity index (χ2v) is 4.95. The van der Waals surface area contributed by atoms with E-state index < -0.39 is 17.6 Å². The maximum Gasteiger partial charge on any atom is 0.416 e. The van der Waals surface area contributed by atoms with Gasteiger partial charge in [-0.3, -0.25) is 9.59 Å². The summed E-state index contributed by atoms with van der Waals surface area (Å²) in [6.45, 7) is 0.0471. The molecule has 1 amide bonds. The minimum absolute atomic E-state index is 0.0471. The number of aldehydes is 1. The van der Waals surface area contributed by atoms with E-state index in [2.05, 4.69) is 5.32 Å². The summed E-state index contributed by atoms with van der Waals surface area (Å²) < 4.78 is 42.6. The van der Waals surface area contributed by atoms with Gasteiger partial charge in [0.15, 0.2) is 0 Å². The third kappa shape index (κ3) is 4.13. The number of nitrogens with one attached hydrogen (secondary N) is 1. The van der Waals surface area contributed by atoms with Gasteiger partial charge in [0.1, 0.15) is 12.0 Å². The van der Waals surface area contributed by atoms with E-state index in [1.54, 1.807) is 0 Å². The van der Waals surface area contributed by atoms with Crippen LogP contribution in [0.4, 0.5) is 13.2 Å². The minimum atomic E-state index is -4.40. The molecule has 0 bridgehead atoms. The first kappa shape index (κ1) is 17.5. The van der Waals surface area contributed by atoms with Crippen LogP contribution in [-0.4, -0.2) is 19.3 Å². The van der Waals surface area contributed by atoms with Crippen molar-refractivity contribution in [1.82, 2.24) is 5.32 Å². The van der Waals surface area contributed by atoms with E-state index in [1.807, 2.05) is 0 Å². The summed E-state index contributed by atoms with van der Waals surface area (Å²) in [4.78, 5) is 23.0. The first-order valence-corrected chi connectivity index (χ1v) is 6.92. The highest BCUT2D eigenvalue weighted by molar-refractivity contribution is 5.98. The molecule has 0 aliphatic heterocycles. The monoisotopic (exact) mass is 337 g/mol. The van der Waals surface area contributed by atoms with E-state index >= 15 is 0 Å². The Bertz CT molecular complexity index is 740. The molecule has 0 heterocycles. The normalized spacial score (nSPS) is 11.0. The van der Waals surface area contributed by atoms with Crippen molar-refractivity contribution in [3.8, 4) is 5.75 Å². The number of methoxy groups -OCH3 is 1. The molecule has 0 unspecified atom stereocenters. The fraction of sp³-hybridized carbons (Fsp3) is 0.176. The van der Waals surface area contributed by atoms with Crippen LogP contribution in [0.3, 0.4) is 0 Å². The van der Waals surface area contributed by atoms with Crippen molar-refractivity contribution >= 4 is 12.2 Å². The first-order chi connectivity index (χ1) is 11.3. The quantitative estimate of drug-likeness (QED) is 0.850. The molecule has 0 spiro atoms. The van der Waals surface area contributed by atoms with Gasteiger partial charge in [-0.2, -0.15) is 13.2 Å². The lowest BCUT2D eigenvalue weighted by molar-refractivity contribution is -0.137. The number of carbonyl (C=O) groups is 2. The molecule has 2 aromatic rings. The second kappa shape index (κ2) is 7.16. The van der Waals surface area contributed by atoms with Crippen molar-refractivity contribution < 1.29 is 27.5 Å². The van der Waals surface area contributed by atoms with Crippen LogP contribution >= 0.6 is 0 Å². The number of hydrogen-bond donors (Lipinski definition) is 1. The zero-order chi connectivity index (χ0) is 17.7. The van der Waals surface area contributed by atoms with E-state index in [-0.39, 0.29) is 12.1 Å². The van der Waals surface area contributed by atoms with Crippen LogP contribution in [0.15, 0.2) is 42.5 Å². The standard InChI is InChI=1S/C17H14F3NO3/c1-24-15-7-4-12(10-22)8-14(15)16(23)21-9-11-2-5-13(6-3-11)17(18,19)20/h2-8,10H,9H2,1H3,(H,21,23). The molecule has 1 N–H and O–H groups in total. The molecule has 0 radical (unpaired) electrons. The molecule has 126 valence electrons. The molecule has 2 aromatic carbocycles. The Kier molecular flexibility index (Phi) is 5.23. The Morgan fingerprint density at radius 2 is 1.83 bits per heavy atom. The van der Waals surface area contributed by atoms with Crippen molar-refractivity contribution in [2.45, 2.75) is 12.7 Å². The van der Waals surface area contributed by atoms with Gasteiger partial charge in [0.2, 0.25) is 0 Å². The van der Waals surface area contributed by atoms with Crippen molar-refractivity contribution in [3.63, 3.8) is 0 Å². The number of alkyl halides is 3. The number of benzene rings is 2. The molecule has 0 aliphatic rings. The summed E-state index contributed by atoms with van der Waals surface area (Å²) in [7, 11) is 1.39. The van der Waals surface area contributed by atoms with Crippen LogP contribution < -0.4 is 10.1 Å². The van der Waals surface area contributed by atoms with Gasteiger partial charge >= 0.3 is 6.18 Å². The molecule has 0 aliphatic carbocycles. The highest BCUT2D eigenvalue weighted by Crippen LogP contribution is 2.29. The van der Waals surface area contributed by atoms with Gasteiger partial charge in [0.25, 0.3) is 5.91 Å². The minimum Gasteiger partial charge on any atom is -0.496 e. The molecule has 24 heavy (non-hydrogen) atoms. The lowest BCUT2D eigenvalue weighted by Crippen LogP contribution is -2.23. The van der Waals surface area contributed by atoms with Crippen LogP contribution in [0.1, 0.15) is 31.8 Å². The summed E-state index contributed by atoms with van der Waals surface area (Å²) >= 11 is 0. The number of ether oxygens (including phenoxy) is 1. The molecule has 0 saturated heterocycles. The molecular formula is C17H14F3NO3. The fourth-order valence-electron chi connectivity index (χ4n) is 2.07. The average molecular weight is 337 g/mol. The Hall–Kier alpha value is -2.83. The molecule has 7 heteroatoms. The largest absolute Gasteiger partial charge is 0.496 e. The van der Waals surface area contributed by atoms with E-state index in [1.165, 1.54) is 37.4 Å². The lowest BCUT2D eigenvalue weighted by Gasteiger charge is -2.11. The molecule has 2 rings (SSSR count). The average Bonchev–Trinajstić information content (AvgIpc) is 2.58. The third-order valence-electron chi connectivity index (χ3n) is 3.34. The number of carbonyl (C=O) groups excluding carboxylic acids is 2. The van der Waals surface area contributed by atoms with Gasteiger partial charge in [-0.1, -0.05) is 12.1 Å². The van der Waals surface area contributed by atoms with Crippen molar-refractivity contribution in [3.05, 3.63) is 64.7 Å². The van der Waals surface area contributed by atoms with Gasteiger partial charge in [-0.05, 0) is 35.9 Å². The van der Waals surface area contributed by atoms with Crippen molar-refractivity contribution in [2.75, 3.05) is 7.11 Å². The predicted octanol–water partition coefficient (Wildman–Crippen LogP) is 3.46. The van der Waals surface area contributed by atoms with E-state index in [0.717, 1.165) is 12.1 Å². The maximum absolute atomic E-state index is 12.5. The van der Waals surface area contributed by atoms with Gasteiger partial charge < -0.3 is 10.1 Å². The summed E-state index contributed by atoms with van der Waals surface area (Å²) in [5.74, 6) is -0.194. The number of rotatable bonds is 5. The van der Waals surface area contributed by atoms with Gasteiger partial charge in [-0.15, -0.1) is 0 Å². The molecule has 0 aromatic heterocycles. The Morgan fingerprint density at radius 1 is 1.17 bits per heavy atom. The topological polar surface area (TPSA) is 55.4 Å². The smallest absolute Gasteiger partial charge is 0.416 e. The van der Waals surface area contributed by atoms with Crippen molar-refractivity contribution in [1.29, 1.82) is 0 Å². The second-order valence-electron chi connectivity index (χ2n) is 4.95. The third-order valence-corrected chi connectivity index (χ3v) is 3.34. The predicted molar refractivity (Wildman–Crippen MR) is 81.0 cm³/mol. The van der Waals surface area contributed by atoms with Crippen molar-refractivity contribution in [2.24, 2.45) is 0 Å². The molecular weight excluding hydrogens is 323 g/mol. The number of halogens is 3. The van der Waals surface area contributed by atoms with Crippen LogP contribution in [0, 0.1) is 0 Å². The maximum atomic E-state index is 12.5. The SMILES string of the molecule is COc1ccc(C=O)cc1C(=O)NCc1ccc(C(F)(F)F)cc1.